The van der Waals surface area contributed by atoms with Gasteiger partial charge in [0.05, 0.1) is 6.54 Å². The van der Waals surface area contributed by atoms with Crippen molar-refractivity contribution in [3.63, 3.8) is 0 Å². The van der Waals surface area contributed by atoms with Crippen LogP contribution in [0.5, 0.6) is 0 Å². The molecule has 6 nitrogen and oxygen atoms in total. The van der Waals surface area contributed by atoms with Crippen molar-refractivity contribution in [2.45, 2.75) is 19.1 Å². The lowest BCUT2D eigenvalue weighted by molar-refractivity contribution is -0.143. The van der Waals surface area contributed by atoms with Gasteiger partial charge in [0.1, 0.15) is 0 Å². The molecule has 1 atom stereocenters. The Morgan fingerprint density at radius 3 is 2.63 bits per heavy atom. The van der Waals surface area contributed by atoms with Gasteiger partial charge in [-0.3, -0.25) is 25.0 Å². The summed E-state index contributed by atoms with van der Waals surface area (Å²) in [6.07, 6.45) is 0. The summed E-state index contributed by atoms with van der Waals surface area (Å²) in [5.41, 5.74) is 0.305. The molecule has 3 rings (SSSR count). The van der Waals surface area contributed by atoms with E-state index in [1.54, 1.807) is 19.1 Å². The van der Waals surface area contributed by atoms with Gasteiger partial charge < -0.3 is 4.90 Å². The van der Waals surface area contributed by atoms with Gasteiger partial charge in [0.2, 0.25) is 5.91 Å². The zero-order valence-corrected chi connectivity index (χ0v) is 10.4. The van der Waals surface area contributed by atoms with E-state index in [4.69, 9.17) is 0 Å². The van der Waals surface area contributed by atoms with E-state index in [0.717, 1.165) is 5.56 Å². The minimum absolute atomic E-state index is 0.0162. The highest BCUT2D eigenvalue weighted by Gasteiger charge is 2.48. The Kier molecular flexibility index (Phi) is 2.43. The largest absolute Gasteiger partial charge is 0.308 e. The molecule has 2 heterocycles. The molecule has 0 aromatic heterocycles. The van der Waals surface area contributed by atoms with Crippen molar-refractivity contribution in [3.05, 3.63) is 35.4 Å². The first kappa shape index (κ1) is 11.9. The maximum Gasteiger partial charge on any atom is 0.267 e. The molecule has 1 aromatic rings. The Bertz CT molecular complexity index is 599. The number of benzene rings is 1. The molecule has 19 heavy (non-hydrogen) atoms. The van der Waals surface area contributed by atoms with Crippen LogP contribution in [0.15, 0.2) is 24.3 Å². The second-order valence-corrected chi connectivity index (χ2v) is 4.85. The summed E-state index contributed by atoms with van der Waals surface area (Å²) >= 11 is 0. The van der Waals surface area contributed by atoms with Gasteiger partial charge in [0, 0.05) is 12.1 Å². The number of nitrogens with zero attached hydrogens (tertiary/aromatic N) is 1. The predicted octanol–water partition coefficient (Wildman–Crippen LogP) is -0.395. The van der Waals surface area contributed by atoms with Crippen LogP contribution in [-0.4, -0.2) is 34.8 Å². The quantitative estimate of drug-likeness (QED) is 0.673. The van der Waals surface area contributed by atoms with Crippen molar-refractivity contribution in [2.24, 2.45) is 0 Å². The first-order valence-electron chi connectivity index (χ1n) is 6.01. The van der Waals surface area contributed by atoms with Gasteiger partial charge in [0.25, 0.3) is 11.8 Å². The maximum absolute atomic E-state index is 12.3. The van der Waals surface area contributed by atoms with Crippen molar-refractivity contribution < 1.29 is 14.4 Å². The number of carbonyl (C=O) groups is 3. The lowest BCUT2D eigenvalue weighted by Gasteiger charge is -2.40. The van der Waals surface area contributed by atoms with E-state index in [2.05, 4.69) is 10.6 Å². The Hall–Kier alpha value is -2.21. The first-order chi connectivity index (χ1) is 9.02. The van der Waals surface area contributed by atoms with Crippen LogP contribution < -0.4 is 10.6 Å². The minimum Gasteiger partial charge on any atom is -0.308 e. The van der Waals surface area contributed by atoms with E-state index >= 15 is 0 Å². The summed E-state index contributed by atoms with van der Waals surface area (Å²) in [5.74, 6) is -1.08. The summed E-state index contributed by atoms with van der Waals surface area (Å²) in [5, 5.41) is 5.11. The molecule has 2 aliphatic rings. The molecule has 0 bridgehead atoms. The number of carbonyl (C=O) groups excluding carboxylic acids is 3. The van der Waals surface area contributed by atoms with Crippen molar-refractivity contribution in [1.29, 1.82) is 0 Å². The van der Waals surface area contributed by atoms with Gasteiger partial charge in [-0.05, 0) is 18.6 Å². The Balaban J connectivity index is 1.95. The molecule has 3 amide bonds. The number of hydrogen-bond donors (Lipinski definition) is 2. The number of nitrogens with one attached hydrogen (secondary N) is 2. The van der Waals surface area contributed by atoms with Gasteiger partial charge in [-0.25, -0.2) is 0 Å². The van der Waals surface area contributed by atoms with E-state index < -0.39 is 11.6 Å². The molecule has 0 aliphatic carbocycles. The third-order valence-corrected chi connectivity index (χ3v) is 3.65. The van der Waals surface area contributed by atoms with Crippen LogP contribution in [-0.2, 0) is 16.1 Å². The van der Waals surface area contributed by atoms with Crippen LogP contribution >= 0.6 is 0 Å². The van der Waals surface area contributed by atoms with Crippen molar-refractivity contribution in [1.82, 2.24) is 15.5 Å². The minimum atomic E-state index is -1.19. The summed E-state index contributed by atoms with van der Waals surface area (Å²) in [6.45, 7) is 1.99. The summed E-state index contributed by atoms with van der Waals surface area (Å²) in [4.78, 5) is 37.0. The molecule has 2 aliphatic heterocycles. The van der Waals surface area contributed by atoms with Crippen molar-refractivity contribution in [2.75, 3.05) is 6.54 Å². The molecule has 98 valence electrons. The number of fused-ring (bicyclic) bond motifs is 1. The highest BCUT2D eigenvalue weighted by molar-refractivity contribution is 6.07. The topological polar surface area (TPSA) is 78.5 Å². The lowest BCUT2D eigenvalue weighted by Crippen LogP contribution is -2.71. The SMILES string of the molecule is CC1(N2Cc3ccccc3C2=O)NCC(=O)NC1=O. The van der Waals surface area contributed by atoms with Gasteiger partial charge in [0.15, 0.2) is 5.66 Å². The first-order valence-corrected chi connectivity index (χ1v) is 6.01. The van der Waals surface area contributed by atoms with E-state index in [1.165, 1.54) is 4.90 Å². The Morgan fingerprint density at radius 2 is 1.95 bits per heavy atom. The number of imide groups is 1. The van der Waals surface area contributed by atoms with Crippen LogP contribution in [0.2, 0.25) is 0 Å². The van der Waals surface area contributed by atoms with Crippen LogP contribution in [0.25, 0.3) is 0 Å². The third kappa shape index (κ3) is 1.64. The molecule has 0 radical (unpaired) electrons. The van der Waals surface area contributed by atoms with E-state index in [9.17, 15) is 14.4 Å². The van der Waals surface area contributed by atoms with Crippen LogP contribution in [0.1, 0.15) is 22.8 Å². The smallest absolute Gasteiger partial charge is 0.267 e. The summed E-state index contributed by atoms with van der Waals surface area (Å²) < 4.78 is 0. The molecule has 1 unspecified atom stereocenters. The second kappa shape index (κ2) is 3.89. The van der Waals surface area contributed by atoms with E-state index in [1.807, 2.05) is 12.1 Å². The molecular formula is C13H13N3O3. The fraction of sp³-hybridized carbons (Fsp3) is 0.308. The van der Waals surface area contributed by atoms with Crippen LogP contribution in [0.4, 0.5) is 0 Å². The predicted molar refractivity (Wildman–Crippen MR) is 65.9 cm³/mol. The third-order valence-electron chi connectivity index (χ3n) is 3.65. The van der Waals surface area contributed by atoms with Crippen LogP contribution in [0.3, 0.4) is 0 Å². The van der Waals surface area contributed by atoms with Crippen molar-refractivity contribution in [3.8, 4) is 0 Å². The number of hydrogen-bond acceptors (Lipinski definition) is 4. The maximum atomic E-state index is 12.3. The molecule has 0 spiro atoms. The van der Waals surface area contributed by atoms with Gasteiger partial charge in [-0.15, -0.1) is 0 Å². The Morgan fingerprint density at radius 1 is 1.21 bits per heavy atom. The molecule has 0 saturated carbocycles. The molecule has 1 fully saturated rings. The second-order valence-electron chi connectivity index (χ2n) is 4.85. The number of rotatable bonds is 1. The Labute approximate surface area is 109 Å². The standard InChI is InChI=1S/C13H13N3O3/c1-13(12(19)15-10(17)6-14-13)16-7-8-4-2-3-5-9(8)11(16)18/h2-5,14H,6-7H2,1H3,(H,15,17,19). The van der Waals surface area contributed by atoms with Gasteiger partial charge in [-0.1, -0.05) is 18.2 Å². The molecule has 6 heteroatoms. The number of amides is 3. The van der Waals surface area contributed by atoms with Crippen molar-refractivity contribution >= 4 is 17.7 Å². The molecule has 1 aromatic carbocycles. The molecule has 1 saturated heterocycles. The molecular weight excluding hydrogens is 246 g/mol. The number of piperazine rings is 1. The van der Waals surface area contributed by atoms with Gasteiger partial charge in [-0.2, -0.15) is 0 Å². The fourth-order valence-electron chi connectivity index (χ4n) is 2.46. The molecule has 2 N–H and O–H groups in total. The monoisotopic (exact) mass is 259 g/mol. The normalized spacial score (nSPS) is 26.4. The lowest BCUT2D eigenvalue weighted by atomic mass is 10.1. The summed E-state index contributed by atoms with van der Waals surface area (Å²) in [7, 11) is 0. The van der Waals surface area contributed by atoms with E-state index in [-0.39, 0.29) is 18.4 Å². The zero-order valence-electron chi connectivity index (χ0n) is 10.4. The van der Waals surface area contributed by atoms with Crippen LogP contribution in [0, 0.1) is 0 Å². The highest BCUT2D eigenvalue weighted by atomic mass is 16.2. The highest BCUT2D eigenvalue weighted by Crippen LogP contribution is 2.28. The summed E-state index contributed by atoms with van der Waals surface area (Å²) in [6, 6.07) is 7.26. The average Bonchev–Trinajstić information content (AvgIpc) is 2.73. The zero-order chi connectivity index (χ0) is 13.6. The van der Waals surface area contributed by atoms with E-state index in [0.29, 0.717) is 12.1 Å². The van der Waals surface area contributed by atoms with Gasteiger partial charge >= 0.3 is 0 Å². The fourth-order valence-corrected chi connectivity index (χ4v) is 2.46. The average molecular weight is 259 g/mol.